The molecule has 0 saturated heterocycles. The number of hydrogen-bond donors (Lipinski definition) is 2. The molecule has 66 valence electrons. The number of carbonyl (C=O) groups excluding carboxylic acids is 1. The van der Waals surface area contributed by atoms with Crippen molar-refractivity contribution in [3.8, 4) is 0 Å². The van der Waals surface area contributed by atoms with E-state index in [1.165, 1.54) is 0 Å². The number of nitrogens with one attached hydrogen (secondary N) is 1. The van der Waals surface area contributed by atoms with Crippen LogP contribution in [0.2, 0.25) is 0 Å². The number of nitrogens with two attached hydrogens (primary N) is 1. The number of thioether (sulfide) groups is 1. The first-order valence-electron chi connectivity index (χ1n) is 3.74. The first kappa shape index (κ1) is 10.8. The molecule has 0 rings (SSSR count). The fraction of sp³-hybridized carbons (Fsp3) is 0.857. The van der Waals surface area contributed by atoms with Gasteiger partial charge in [-0.25, -0.2) is 0 Å². The molecule has 0 heterocycles. The van der Waals surface area contributed by atoms with Gasteiger partial charge in [0.1, 0.15) is 0 Å². The Labute approximate surface area is 72.1 Å². The smallest absolute Gasteiger partial charge is 0.236 e. The summed E-state index contributed by atoms with van der Waals surface area (Å²) in [5.41, 5.74) is 5.48. The molecule has 0 unspecified atom stereocenters. The molecule has 4 heteroatoms. The molecule has 0 aromatic rings. The molecular formula is C7H16N2OS. The molecule has 0 radical (unpaired) electrons. The highest BCUT2D eigenvalue weighted by atomic mass is 32.2. The highest BCUT2D eigenvalue weighted by molar-refractivity contribution is 7.98. The fourth-order valence-corrected chi connectivity index (χ4v) is 0.899. The van der Waals surface area contributed by atoms with Crippen molar-refractivity contribution in [3.05, 3.63) is 0 Å². The summed E-state index contributed by atoms with van der Waals surface area (Å²) in [4.78, 5) is 11.0. The summed E-state index contributed by atoms with van der Waals surface area (Å²) < 4.78 is 0. The average Bonchev–Trinajstić information content (AvgIpc) is 2.03. The first-order valence-corrected chi connectivity index (χ1v) is 5.14. The lowest BCUT2D eigenvalue weighted by atomic mass is 10.2. The second-order valence-electron chi connectivity index (χ2n) is 2.30. The zero-order valence-electron chi connectivity index (χ0n) is 7.09. The third-order valence-electron chi connectivity index (χ3n) is 1.38. The van der Waals surface area contributed by atoms with Gasteiger partial charge in [-0.3, -0.25) is 4.79 Å². The topological polar surface area (TPSA) is 55.1 Å². The minimum atomic E-state index is -0.336. The predicted octanol–water partition coefficient (Wildman–Crippen LogP) is 0.203. The molecule has 0 spiro atoms. The molecule has 0 aliphatic heterocycles. The molecule has 0 saturated carbocycles. The highest BCUT2D eigenvalue weighted by Crippen LogP contribution is 1.89. The second kappa shape index (κ2) is 6.49. The minimum absolute atomic E-state index is 0.0402. The molecule has 1 amide bonds. The van der Waals surface area contributed by atoms with Gasteiger partial charge in [0.2, 0.25) is 5.91 Å². The van der Waals surface area contributed by atoms with Gasteiger partial charge in [0.15, 0.2) is 0 Å². The van der Waals surface area contributed by atoms with Gasteiger partial charge in [0.05, 0.1) is 6.04 Å². The lowest BCUT2D eigenvalue weighted by Crippen LogP contribution is -2.40. The second-order valence-corrected chi connectivity index (χ2v) is 3.28. The largest absolute Gasteiger partial charge is 0.354 e. The van der Waals surface area contributed by atoms with Crippen LogP contribution in [0, 0.1) is 0 Å². The molecule has 0 bridgehead atoms. The van der Waals surface area contributed by atoms with Gasteiger partial charge in [-0.15, -0.1) is 0 Å². The van der Waals surface area contributed by atoms with Crippen molar-refractivity contribution in [3.63, 3.8) is 0 Å². The van der Waals surface area contributed by atoms with Crippen LogP contribution >= 0.6 is 11.8 Å². The maximum atomic E-state index is 11.0. The van der Waals surface area contributed by atoms with Gasteiger partial charge in [-0.1, -0.05) is 6.92 Å². The number of hydrogen-bond acceptors (Lipinski definition) is 3. The van der Waals surface area contributed by atoms with Crippen LogP contribution < -0.4 is 11.1 Å². The predicted molar refractivity (Wildman–Crippen MR) is 49.7 cm³/mol. The van der Waals surface area contributed by atoms with E-state index in [1.807, 2.05) is 13.2 Å². The van der Waals surface area contributed by atoms with Crippen LogP contribution in [-0.4, -0.2) is 30.5 Å². The van der Waals surface area contributed by atoms with E-state index in [0.717, 1.165) is 5.75 Å². The van der Waals surface area contributed by atoms with Crippen molar-refractivity contribution in [2.45, 2.75) is 19.4 Å². The third kappa shape index (κ3) is 5.09. The molecule has 1 atom stereocenters. The quantitative estimate of drug-likeness (QED) is 0.588. The molecule has 11 heavy (non-hydrogen) atoms. The summed E-state index contributed by atoms with van der Waals surface area (Å²) in [6.07, 6.45) is 2.71. The molecule has 0 aromatic heterocycles. The Morgan fingerprint density at radius 1 is 1.73 bits per heavy atom. The Hall–Kier alpha value is -0.220. The Morgan fingerprint density at radius 2 is 2.36 bits per heavy atom. The number of carbonyl (C=O) groups is 1. The Kier molecular flexibility index (Phi) is 6.36. The van der Waals surface area contributed by atoms with Crippen LogP contribution in [0.1, 0.15) is 13.3 Å². The molecular weight excluding hydrogens is 160 g/mol. The summed E-state index contributed by atoms with van der Waals surface area (Å²) in [6, 6.07) is -0.336. The molecule has 0 aliphatic carbocycles. The summed E-state index contributed by atoms with van der Waals surface area (Å²) in [5.74, 6) is 0.906. The van der Waals surface area contributed by atoms with E-state index >= 15 is 0 Å². The van der Waals surface area contributed by atoms with E-state index in [2.05, 4.69) is 5.32 Å². The zero-order valence-corrected chi connectivity index (χ0v) is 7.91. The van der Waals surface area contributed by atoms with Gasteiger partial charge in [-0.05, 0) is 12.7 Å². The third-order valence-corrected chi connectivity index (χ3v) is 1.99. The van der Waals surface area contributed by atoms with Crippen molar-refractivity contribution in [2.24, 2.45) is 5.73 Å². The molecule has 3 N–H and O–H groups in total. The monoisotopic (exact) mass is 176 g/mol. The van der Waals surface area contributed by atoms with Crippen LogP contribution in [0.25, 0.3) is 0 Å². The lowest BCUT2D eigenvalue weighted by molar-refractivity contribution is -0.122. The van der Waals surface area contributed by atoms with Crippen molar-refractivity contribution in [2.75, 3.05) is 18.6 Å². The maximum Gasteiger partial charge on any atom is 0.236 e. The van der Waals surface area contributed by atoms with Gasteiger partial charge < -0.3 is 11.1 Å². The summed E-state index contributed by atoms with van der Waals surface area (Å²) >= 11 is 1.71. The summed E-state index contributed by atoms with van der Waals surface area (Å²) in [7, 11) is 0. The van der Waals surface area contributed by atoms with Gasteiger partial charge >= 0.3 is 0 Å². The number of amides is 1. The fourth-order valence-electron chi connectivity index (χ4n) is 0.593. The van der Waals surface area contributed by atoms with Crippen molar-refractivity contribution >= 4 is 17.7 Å². The van der Waals surface area contributed by atoms with Gasteiger partial charge in [0.25, 0.3) is 0 Å². The van der Waals surface area contributed by atoms with Crippen LogP contribution in [0.4, 0.5) is 0 Å². The average molecular weight is 176 g/mol. The maximum absolute atomic E-state index is 11.0. The van der Waals surface area contributed by atoms with Crippen molar-refractivity contribution in [1.82, 2.24) is 5.32 Å². The Balaban J connectivity index is 3.36. The van der Waals surface area contributed by atoms with Crippen molar-refractivity contribution in [1.29, 1.82) is 0 Å². The van der Waals surface area contributed by atoms with E-state index in [-0.39, 0.29) is 11.9 Å². The summed E-state index contributed by atoms with van der Waals surface area (Å²) in [6.45, 7) is 2.62. The van der Waals surface area contributed by atoms with E-state index in [9.17, 15) is 4.79 Å². The SMILES string of the molecule is CC[C@H](N)C(=O)NCCSC. The van der Waals surface area contributed by atoms with Crippen LogP contribution in [-0.2, 0) is 4.79 Å². The molecule has 3 nitrogen and oxygen atoms in total. The van der Waals surface area contributed by atoms with E-state index in [4.69, 9.17) is 5.73 Å². The Bertz CT molecular complexity index is 119. The van der Waals surface area contributed by atoms with Crippen molar-refractivity contribution < 1.29 is 4.79 Å². The lowest BCUT2D eigenvalue weighted by Gasteiger charge is -2.08. The highest BCUT2D eigenvalue weighted by Gasteiger charge is 2.08. The van der Waals surface area contributed by atoms with Crippen LogP contribution in [0.3, 0.4) is 0 Å². The first-order chi connectivity index (χ1) is 5.22. The standard InChI is InChI=1S/C7H16N2OS/c1-3-6(8)7(10)9-4-5-11-2/h6H,3-5,8H2,1-2H3,(H,9,10)/t6-/m0/s1. The summed E-state index contributed by atoms with van der Waals surface area (Å²) in [5, 5.41) is 2.75. The van der Waals surface area contributed by atoms with E-state index < -0.39 is 0 Å². The molecule has 0 aromatic carbocycles. The van der Waals surface area contributed by atoms with Crippen LogP contribution in [0.15, 0.2) is 0 Å². The molecule has 0 aliphatic rings. The Morgan fingerprint density at radius 3 is 2.82 bits per heavy atom. The molecule has 0 fully saturated rings. The van der Waals surface area contributed by atoms with Crippen LogP contribution in [0.5, 0.6) is 0 Å². The number of rotatable bonds is 5. The zero-order chi connectivity index (χ0) is 8.69. The van der Waals surface area contributed by atoms with Gasteiger partial charge in [0, 0.05) is 12.3 Å². The van der Waals surface area contributed by atoms with Gasteiger partial charge in [-0.2, -0.15) is 11.8 Å². The minimum Gasteiger partial charge on any atom is -0.354 e. The normalized spacial score (nSPS) is 12.6. The van der Waals surface area contributed by atoms with E-state index in [0.29, 0.717) is 13.0 Å². The van der Waals surface area contributed by atoms with E-state index in [1.54, 1.807) is 11.8 Å².